The number of phenols is 1. The first kappa shape index (κ1) is 13.8. The van der Waals surface area contributed by atoms with Crippen LogP contribution in [0.1, 0.15) is 10.5 Å². The number of carbonyl (C=O) groups is 1. The molecule has 0 fully saturated rings. The van der Waals surface area contributed by atoms with Gasteiger partial charge in [0.1, 0.15) is 16.6 Å². The van der Waals surface area contributed by atoms with Crippen LogP contribution >= 0.6 is 11.6 Å². The summed E-state index contributed by atoms with van der Waals surface area (Å²) in [5.41, 5.74) is -0.722. The van der Waals surface area contributed by atoms with Crippen molar-refractivity contribution in [3.8, 4) is 5.75 Å². The number of nitrogens with one attached hydrogen (secondary N) is 1. The lowest BCUT2D eigenvalue weighted by molar-refractivity contribution is -0.384. The molecule has 20 heavy (non-hydrogen) atoms. The average Bonchev–Trinajstić information content (AvgIpc) is 2.40. The van der Waals surface area contributed by atoms with Crippen molar-refractivity contribution in [1.82, 2.24) is 4.98 Å². The van der Waals surface area contributed by atoms with Gasteiger partial charge < -0.3 is 10.4 Å². The first-order valence-electron chi connectivity index (χ1n) is 5.39. The molecule has 102 valence electrons. The number of nitro benzene ring substituents is 1. The summed E-state index contributed by atoms with van der Waals surface area (Å²) in [4.78, 5) is 25.8. The highest BCUT2D eigenvalue weighted by Gasteiger charge is 2.20. The third-order valence-electron chi connectivity index (χ3n) is 2.40. The number of nitro groups is 1. The van der Waals surface area contributed by atoms with Gasteiger partial charge in [-0.1, -0.05) is 23.7 Å². The van der Waals surface area contributed by atoms with E-state index in [0.717, 1.165) is 0 Å². The van der Waals surface area contributed by atoms with Crippen LogP contribution in [-0.4, -0.2) is 20.9 Å². The Hall–Kier alpha value is -2.67. The number of rotatable bonds is 3. The molecule has 0 spiro atoms. The Bertz CT molecular complexity index is 690. The summed E-state index contributed by atoms with van der Waals surface area (Å²) in [5, 5.41) is 22.8. The van der Waals surface area contributed by atoms with Crippen molar-refractivity contribution >= 4 is 28.9 Å². The van der Waals surface area contributed by atoms with E-state index in [-0.39, 0.29) is 16.5 Å². The van der Waals surface area contributed by atoms with Gasteiger partial charge in [0.2, 0.25) is 0 Å². The molecule has 8 heteroatoms. The topological polar surface area (TPSA) is 105 Å². The molecule has 2 rings (SSSR count). The number of benzene rings is 1. The van der Waals surface area contributed by atoms with E-state index in [1.165, 1.54) is 36.4 Å². The maximum atomic E-state index is 11.9. The molecule has 0 aliphatic heterocycles. The summed E-state index contributed by atoms with van der Waals surface area (Å²) in [6.45, 7) is 0. The second kappa shape index (κ2) is 5.54. The Morgan fingerprint density at radius 1 is 1.30 bits per heavy atom. The first-order valence-corrected chi connectivity index (χ1v) is 5.77. The quantitative estimate of drug-likeness (QED) is 0.391. The fourth-order valence-electron chi connectivity index (χ4n) is 1.52. The van der Waals surface area contributed by atoms with Crippen molar-refractivity contribution in [1.29, 1.82) is 0 Å². The molecule has 0 unspecified atom stereocenters. The fourth-order valence-corrected chi connectivity index (χ4v) is 1.68. The van der Waals surface area contributed by atoms with E-state index in [4.69, 9.17) is 11.6 Å². The van der Waals surface area contributed by atoms with Crippen LogP contribution in [0.4, 0.5) is 11.4 Å². The SMILES string of the molecule is O=C(Nc1c(O)cccc1[N+](=O)[O-])c1cccc(Cl)n1. The molecule has 0 aliphatic rings. The van der Waals surface area contributed by atoms with Crippen molar-refractivity contribution in [2.45, 2.75) is 0 Å². The number of halogens is 1. The molecule has 0 bridgehead atoms. The molecule has 2 aromatic rings. The molecule has 1 aromatic heterocycles. The molecule has 0 radical (unpaired) electrons. The third-order valence-corrected chi connectivity index (χ3v) is 2.61. The summed E-state index contributed by atoms with van der Waals surface area (Å²) in [5.74, 6) is -1.12. The summed E-state index contributed by atoms with van der Waals surface area (Å²) in [7, 11) is 0. The van der Waals surface area contributed by atoms with Gasteiger partial charge in [0.05, 0.1) is 4.92 Å². The lowest BCUT2D eigenvalue weighted by atomic mass is 10.2. The molecular formula is C12H8ClN3O4. The number of aromatic hydroxyl groups is 1. The van der Waals surface area contributed by atoms with Gasteiger partial charge in [0, 0.05) is 6.07 Å². The minimum absolute atomic E-state index is 0.0185. The molecule has 1 aromatic carbocycles. The molecular weight excluding hydrogens is 286 g/mol. The monoisotopic (exact) mass is 293 g/mol. The zero-order valence-corrected chi connectivity index (χ0v) is 10.7. The normalized spacial score (nSPS) is 10.1. The first-order chi connectivity index (χ1) is 9.49. The number of aromatic nitrogens is 1. The van der Waals surface area contributed by atoms with Gasteiger partial charge in [-0.2, -0.15) is 0 Å². The number of hydrogen-bond donors (Lipinski definition) is 2. The predicted octanol–water partition coefficient (Wildman–Crippen LogP) is 2.60. The van der Waals surface area contributed by atoms with E-state index in [1.54, 1.807) is 0 Å². The second-order valence-electron chi connectivity index (χ2n) is 3.73. The van der Waals surface area contributed by atoms with Crippen LogP contribution in [-0.2, 0) is 0 Å². The third kappa shape index (κ3) is 2.83. The zero-order valence-electron chi connectivity index (χ0n) is 9.91. The average molecular weight is 294 g/mol. The summed E-state index contributed by atoms with van der Waals surface area (Å²) in [6, 6.07) is 8.10. The van der Waals surface area contributed by atoms with Gasteiger partial charge in [-0.05, 0) is 18.2 Å². The van der Waals surface area contributed by atoms with Crippen molar-refractivity contribution in [2.75, 3.05) is 5.32 Å². The molecule has 0 saturated carbocycles. The maximum Gasteiger partial charge on any atom is 0.296 e. The lowest BCUT2D eigenvalue weighted by Crippen LogP contribution is -2.14. The van der Waals surface area contributed by atoms with Crippen molar-refractivity contribution in [2.24, 2.45) is 0 Å². The van der Waals surface area contributed by atoms with E-state index in [9.17, 15) is 20.0 Å². The smallest absolute Gasteiger partial charge is 0.296 e. The molecule has 0 atom stereocenters. The number of nitrogens with zero attached hydrogens (tertiary/aromatic N) is 2. The molecule has 0 saturated heterocycles. The van der Waals surface area contributed by atoms with Crippen molar-refractivity contribution in [3.05, 3.63) is 57.4 Å². The predicted molar refractivity (Wildman–Crippen MR) is 72.0 cm³/mol. The summed E-state index contributed by atoms with van der Waals surface area (Å²) in [6.07, 6.45) is 0. The van der Waals surface area contributed by atoms with E-state index in [0.29, 0.717) is 0 Å². The van der Waals surface area contributed by atoms with E-state index >= 15 is 0 Å². The lowest BCUT2D eigenvalue weighted by Gasteiger charge is -2.07. The molecule has 1 heterocycles. The van der Waals surface area contributed by atoms with Crippen LogP contribution in [0.3, 0.4) is 0 Å². The van der Waals surface area contributed by atoms with Gasteiger partial charge in [-0.15, -0.1) is 0 Å². The van der Waals surface area contributed by atoms with Crippen LogP contribution in [0, 0.1) is 10.1 Å². The van der Waals surface area contributed by atoms with Crippen LogP contribution < -0.4 is 5.32 Å². The Morgan fingerprint density at radius 3 is 2.65 bits per heavy atom. The van der Waals surface area contributed by atoms with Gasteiger partial charge in [-0.25, -0.2) is 4.98 Å². The Balaban J connectivity index is 2.35. The van der Waals surface area contributed by atoms with Crippen LogP contribution in [0.25, 0.3) is 0 Å². The van der Waals surface area contributed by atoms with Gasteiger partial charge in [0.25, 0.3) is 11.6 Å². The second-order valence-corrected chi connectivity index (χ2v) is 4.12. The van der Waals surface area contributed by atoms with Crippen LogP contribution in [0.5, 0.6) is 5.75 Å². The minimum atomic E-state index is -0.711. The maximum absolute atomic E-state index is 11.9. The highest BCUT2D eigenvalue weighted by molar-refractivity contribution is 6.29. The van der Waals surface area contributed by atoms with Crippen molar-refractivity contribution < 1.29 is 14.8 Å². The minimum Gasteiger partial charge on any atom is -0.505 e. The summed E-state index contributed by atoms with van der Waals surface area (Å²) >= 11 is 5.66. The van der Waals surface area contributed by atoms with Crippen molar-refractivity contribution in [3.63, 3.8) is 0 Å². The number of carbonyl (C=O) groups excluding carboxylic acids is 1. The number of phenolic OH excluding ortho intramolecular Hbond substituents is 1. The van der Waals surface area contributed by atoms with Gasteiger partial charge >= 0.3 is 0 Å². The fraction of sp³-hybridized carbons (Fsp3) is 0. The highest BCUT2D eigenvalue weighted by atomic mass is 35.5. The highest BCUT2D eigenvalue weighted by Crippen LogP contribution is 2.33. The van der Waals surface area contributed by atoms with Crippen LogP contribution in [0.2, 0.25) is 5.15 Å². The number of pyridine rings is 1. The Morgan fingerprint density at radius 2 is 2.00 bits per heavy atom. The Kier molecular flexibility index (Phi) is 3.81. The number of hydrogen-bond acceptors (Lipinski definition) is 5. The van der Waals surface area contributed by atoms with Gasteiger partial charge in [0.15, 0.2) is 5.69 Å². The molecule has 0 aliphatic carbocycles. The molecule has 2 N–H and O–H groups in total. The van der Waals surface area contributed by atoms with Gasteiger partial charge in [-0.3, -0.25) is 14.9 Å². The molecule has 7 nitrogen and oxygen atoms in total. The van der Waals surface area contributed by atoms with E-state index in [1.807, 2.05) is 0 Å². The van der Waals surface area contributed by atoms with E-state index in [2.05, 4.69) is 10.3 Å². The number of anilines is 1. The Labute approximate surface area is 118 Å². The summed E-state index contributed by atoms with van der Waals surface area (Å²) < 4.78 is 0. The van der Waals surface area contributed by atoms with E-state index < -0.39 is 22.3 Å². The zero-order chi connectivity index (χ0) is 14.7. The number of amides is 1. The number of para-hydroxylation sites is 1. The standard InChI is InChI=1S/C12H8ClN3O4/c13-10-6-1-3-7(14-10)12(18)15-11-8(16(19)20)4-2-5-9(11)17/h1-6,17H,(H,15,18). The largest absolute Gasteiger partial charge is 0.505 e. The molecule has 1 amide bonds. The van der Waals surface area contributed by atoms with Crippen LogP contribution in [0.15, 0.2) is 36.4 Å².